The van der Waals surface area contributed by atoms with E-state index in [1.807, 2.05) is 12.1 Å². The molecule has 1 aliphatic carbocycles. The SMILES string of the molecule is C[C@@H](O)c1ccc(C2C=CC=C2)cc1. The minimum absolute atomic E-state index is 0.376. The van der Waals surface area contributed by atoms with Gasteiger partial charge in [0.05, 0.1) is 6.10 Å². The lowest BCUT2D eigenvalue weighted by Gasteiger charge is -2.08. The molecule has 0 aliphatic heterocycles. The van der Waals surface area contributed by atoms with Crippen molar-refractivity contribution in [2.45, 2.75) is 18.9 Å². The molecule has 1 aliphatic rings. The van der Waals surface area contributed by atoms with Gasteiger partial charge in [0.2, 0.25) is 0 Å². The van der Waals surface area contributed by atoms with E-state index in [-0.39, 0.29) is 6.10 Å². The number of hydrogen-bond donors (Lipinski definition) is 1. The van der Waals surface area contributed by atoms with Gasteiger partial charge >= 0.3 is 0 Å². The highest BCUT2D eigenvalue weighted by Crippen LogP contribution is 2.24. The third-order valence-electron chi connectivity index (χ3n) is 2.55. The molecule has 1 heteroatoms. The number of rotatable bonds is 2. The van der Waals surface area contributed by atoms with E-state index in [4.69, 9.17) is 0 Å². The number of benzene rings is 1. The summed E-state index contributed by atoms with van der Waals surface area (Å²) in [6, 6.07) is 8.12. The highest BCUT2D eigenvalue weighted by molar-refractivity contribution is 5.36. The number of hydrogen-bond acceptors (Lipinski definition) is 1. The second kappa shape index (κ2) is 3.81. The first-order valence-corrected chi connectivity index (χ1v) is 4.90. The molecule has 0 saturated heterocycles. The molecule has 0 heterocycles. The van der Waals surface area contributed by atoms with Crippen molar-refractivity contribution in [3.8, 4) is 0 Å². The lowest BCUT2D eigenvalue weighted by molar-refractivity contribution is 0.199. The van der Waals surface area contributed by atoms with Gasteiger partial charge in [-0.25, -0.2) is 0 Å². The molecule has 0 amide bonds. The van der Waals surface area contributed by atoms with Crippen LogP contribution in [0.5, 0.6) is 0 Å². The highest BCUT2D eigenvalue weighted by Gasteiger charge is 2.07. The highest BCUT2D eigenvalue weighted by atomic mass is 16.3. The van der Waals surface area contributed by atoms with Crippen molar-refractivity contribution in [3.63, 3.8) is 0 Å². The molecule has 1 aromatic carbocycles. The number of allylic oxidation sites excluding steroid dienone is 4. The molecule has 1 N–H and O–H groups in total. The van der Waals surface area contributed by atoms with Crippen LogP contribution in [-0.4, -0.2) is 5.11 Å². The third kappa shape index (κ3) is 1.78. The molecular weight excluding hydrogens is 172 g/mol. The topological polar surface area (TPSA) is 20.2 Å². The van der Waals surface area contributed by atoms with Crippen LogP contribution in [0.1, 0.15) is 30.1 Å². The van der Waals surface area contributed by atoms with Crippen LogP contribution in [0.15, 0.2) is 48.6 Å². The zero-order valence-corrected chi connectivity index (χ0v) is 8.22. The average molecular weight is 186 g/mol. The summed E-state index contributed by atoms with van der Waals surface area (Å²) in [6.07, 6.45) is 8.08. The van der Waals surface area contributed by atoms with E-state index in [2.05, 4.69) is 36.4 Å². The molecule has 2 rings (SSSR count). The van der Waals surface area contributed by atoms with Gasteiger partial charge in [-0.2, -0.15) is 0 Å². The van der Waals surface area contributed by atoms with Crippen molar-refractivity contribution >= 4 is 0 Å². The maximum absolute atomic E-state index is 9.35. The fourth-order valence-electron chi connectivity index (χ4n) is 1.65. The summed E-state index contributed by atoms with van der Waals surface area (Å²) in [5.41, 5.74) is 2.25. The average Bonchev–Trinajstić information content (AvgIpc) is 2.71. The fraction of sp³-hybridized carbons (Fsp3) is 0.231. The number of aliphatic hydroxyl groups is 1. The Morgan fingerprint density at radius 1 is 1.07 bits per heavy atom. The van der Waals surface area contributed by atoms with Crippen molar-refractivity contribution in [1.29, 1.82) is 0 Å². The zero-order valence-electron chi connectivity index (χ0n) is 8.22. The molecule has 0 aromatic heterocycles. The molecule has 1 aromatic rings. The van der Waals surface area contributed by atoms with Crippen molar-refractivity contribution in [2.24, 2.45) is 0 Å². The van der Waals surface area contributed by atoms with Gasteiger partial charge < -0.3 is 5.11 Å². The van der Waals surface area contributed by atoms with Crippen LogP contribution in [0, 0.1) is 0 Å². The Kier molecular flexibility index (Phi) is 2.51. The first kappa shape index (κ1) is 9.22. The Hall–Kier alpha value is -1.34. The molecule has 14 heavy (non-hydrogen) atoms. The summed E-state index contributed by atoms with van der Waals surface area (Å²) in [7, 11) is 0. The summed E-state index contributed by atoms with van der Waals surface area (Å²) in [5.74, 6) is 0.415. The van der Waals surface area contributed by atoms with Crippen LogP contribution in [0.25, 0.3) is 0 Å². The summed E-state index contributed by atoms with van der Waals surface area (Å²) >= 11 is 0. The summed E-state index contributed by atoms with van der Waals surface area (Å²) in [4.78, 5) is 0. The van der Waals surface area contributed by atoms with Crippen LogP contribution >= 0.6 is 0 Å². The molecule has 0 saturated carbocycles. The predicted molar refractivity (Wildman–Crippen MR) is 58.1 cm³/mol. The molecule has 1 atom stereocenters. The minimum atomic E-state index is -0.376. The van der Waals surface area contributed by atoms with Gasteiger partial charge in [-0.3, -0.25) is 0 Å². The van der Waals surface area contributed by atoms with E-state index in [0.717, 1.165) is 5.56 Å². The molecule has 0 bridgehead atoms. The van der Waals surface area contributed by atoms with Crippen molar-refractivity contribution in [2.75, 3.05) is 0 Å². The Morgan fingerprint density at radius 2 is 1.64 bits per heavy atom. The second-order valence-electron chi connectivity index (χ2n) is 3.64. The smallest absolute Gasteiger partial charge is 0.0761 e. The van der Waals surface area contributed by atoms with Gasteiger partial charge in [-0.05, 0) is 18.1 Å². The maximum Gasteiger partial charge on any atom is 0.0761 e. The largest absolute Gasteiger partial charge is 0.389 e. The molecular formula is C13H14O. The van der Waals surface area contributed by atoms with Crippen LogP contribution in [0.2, 0.25) is 0 Å². The quantitative estimate of drug-likeness (QED) is 0.752. The van der Waals surface area contributed by atoms with Crippen molar-refractivity contribution < 1.29 is 5.11 Å². The van der Waals surface area contributed by atoms with Crippen molar-refractivity contribution in [3.05, 3.63) is 59.7 Å². The van der Waals surface area contributed by atoms with Crippen LogP contribution < -0.4 is 0 Å². The van der Waals surface area contributed by atoms with E-state index in [1.54, 1.807) is 6.92 Å². The van der Waals surface area contributed by atoms with E-state index >= 15 is 0 Å². The Balaban J connectivity index is 2.21. The Bertz CT molecular complexity index is 345. The normalized spacial score (nSPS) is 17.6. The lowest BCUT2D eigenvalue weighted by atomic mass is 9.98. The van der Waals surface area contributed by atoms with Gasteiger partial charge in [-0.15, -0.1) is 0 Å². The zero-order chi connectivity index (χ0) is 9.97. The monoisotopic (exact) mass is 186 g/mol. The van der Waals surface area contributed by atoms with E-state index < -0.39 is 0 Å². The standard InChI is InChI=1S/C13H14O/c1-10(14)11-6-8-13(9-7-11)12-4-2-3-5-12/h2-10,12,14H,1H3/t10-/m1/s1. The number of aliphatic hydroxyl groups excluding tert-OH is 1. The summed E-state index contributed by atoms with van der Waals surface area (Å²) < 4.78 is 0. The maximum atomic E-state index is 9.35. The van der Waals surface area contributed by atoms with Gasteiger partial charge in [0.25, 0.3) is 0 Å². The van der Waals surface area contributed by atoms with Crippen LogP contribution in [0.3, 0.4) is 0 Å². The third-order valence-corrected chi connectivity index (χ3v) is 2.55. The van der Waals surface area contributed by atoms with Gasteiger partial charge in [-0.1, -0.05) is 48.6 Å². The van der Waals surface area contributed by atoms with Crippen LogP contribution in [-0.2, 0) is 0 Å². The van der Waals surface area contributed by atoms with Gasteiger partial charge in [0.15, 0.2) is 0 Å². The molecule has 1 nitrogen and oxygen atoms in total. The van der Waals surface area contributed by atoms with E-state index in [9.17, 15) is 5.11 Å². The van der Waals surface area contributed by atoms with Crippen LogP contribution in [0.4, 0.5) is 0 Å². The molecule has 0 radical (unpaired) electrons. The molecule has 0 unspecified atom stereocenters. The summed E-state index contributed by atoms with van der Waals surface area (Å²) in [6.45, 7) is 1.78. The van der Waals surface area contributed by atoms with Gasteiger partial charge in [0.1, 0.15) is 0 Å². The first-order chi connectivity index (χ1) is 6.77. The first-order valence-electron chi connectivity index (χ1n) is 4.90. The molecule has 0 spiro atoms. The minimum Gasteiger partial charge on any atom is -0.389 e. The Morgan fingerprint density at radius 3 is 2.14 bits per heavy atom. The fourth-order valence-corrected chi connectivity index (χ4v) is 1.65. The van der Waals surface area contributed by atoms with E-state index in [0.29, 0.717) is 5.92 Å². The second-order valence-corrected chi connectivity index (χ2v) is 3.64. The molecule has 72 valence electrons. The predicted octanol–water partition coefficient (Wildman–Crippen LogP) is 2.95. The summed E-state index contributed by atoms with van der Waals surface area (Å²) in [5, 5.41) is 9.35. The van der Waals surface area contributed by atoms with Crippen molar-refractivity contribution in [1.82, 2.24) is 0 Å². The molecule has 0 fully saturated rings. The van der Waals surface area contributed by atoms with Gasteiger partial charge in [0, 0.05) is 5.92 Å². The Labute approximate surface area is 84.4 Å². The lowest BCUT2D eigenvalue weighted by Crippen LogP contribution is -1.93. The van der Waals surface area contributed by atoms with E-state index in [1.165, 1.54) is 5.56 Å².